The summed E-state index contributed by atoms with van der Waals surface area (Å²) in [5.74, 6) is 0.737. The Kier molecular flexibility index (Phi) is 4.49. The van der Waals surface area contributed by atoms with Crippen molar-refractivity contribution in [2.24, 2.45) is 0 Å². The van der Waals surface area contributed by atoms with Crippen LogP contribution < -0.4 is 14.8 Å². The molecule has 1 heterocycles. The van der Waals surface area contributed by atoms with Crippen molar-refractivity contribution in [2.75, 3.05) is 18.5 Å². The molecule has 0 fully saturated rings. The molecule has 0 amide bonds. The van der Waals surface area contributed by atoms with Crippen LogP contribution in [0.2, 0.25) is 0 Å². The molecule has 0 saturated heterocycles. The molecule has 0 bridgehead atoms. The molecular formula is C14H19NO4. The first-order chi connectivity index (χ1) is 9.15. The number of rotatable bonds is 5. The smallest absolute Gasteiger partial charge is 0.303 e. The summed E-state index contributed by atoms with van der Waals surface area (Å²) in [6, 6.07) is 5.80. The second-order valence-electron chi connectivity index (χ2n) is 4.69. The van der Waals surface area contributed by atoms with Gasteiger partial charge in [0.1, 0.15) is 0 Å². The summed E-state index contributed by atoms with van der Waals surface area (Å²) in [6.45, 7) is 3.30. The maximum Gasteiger partial charge on any atom is 0.303 e. The van der Waals surface area contributed by atoms with Gasteiger partial charge < -0.3 is 19.9 Å². The summed E-state index contributed by atoms with van der Waals surface area (Å²) in [5, 5.41) is 11.9. The van der Waals surface area contributed by atoms with Crippen LogP contribution in [0, 0.1) is 0 Å². The van der Waals surface area contributed by atoms with Crippen molar-refractivity contribution in [2.45, 2.75) is 32.2 Å². The summed E-state index contributed by atoms with van der Waals surface area (Å²) < 4.78 is 11.2. The minimum absolute atomic E-state index is 0.0980. The fraction of sp³-hybridized carbons (Fsp3) is 0.500. The number of anilines is 1. The first kappa shape index (κ1) is 13.5. The summed E-state index contributed by atoms with van der Waals surface area (Å²) in [7, 11) is 0. The highest BCUT2D eigenvalue weighted by atomic mass is 16.5. The van der Waals surface area contributed by atoms with Crippen LogP contribution in [0.5, 0.6) is 11.5 Å². The Morgan fingerprint density at radius 2 is 2.11 bits per heavy atom. The lowest BCUT2D eigenvalue weighted by molar-refractivity contribution is -0.137. The molecule has 0 aromatic heterocycles. The van der Waals surface area contributed by atoms with Gasteiger partial charge in [-0.25, -0.2) is 0 Å². The van der Waals surface area contributed by atoms with E-state index in [-0.39, 0.29) is 12.5 Å². The number of hydrogen-bond donors (Lipinski definition) is 2. The Morgan fingerprint density at radius 3 is 2.84 bits per heavy atom. The van der Waals surface area contributed by atoms with Crippen LogP contribution in [-0.4, -0.2) is 30.3 Å². The SMILES string of the molecule is CC(CCC(=O)O)Nc1ccc2c(c1)OCCCO2. The number of carbonyl (C=O) groups is 1. The third-order valence-electron chi connectivity index (χ3n) is 2.95. The van der Waals surface area contributed by atoms with Gasteiger partial charge in [-0.05, 0) is 25.5 Å². The fourth-order valence-electron chi connectivity index (χ4n) is 1.95. The lowest BCUT2D eigenvalue weighted by Gasteiger charge is -2.16. The van der Waals surface area contributed by atoms with Gasteiger partial charge in [-0.15, -0.1) is 0 Å². The summed E-state index contributed by atoms with van der Waals surface area (Å²) >= 11 is 0. The van der Waals surface area contributed by atoms with Gasteiger partial charge >= 0.3 is 5.97 Å². The number of hydrogen-bond acceptors (Lipinski definition) is 4. The molecule has 1 atom stereocenters. The van der Waals surface area contributed by atoms with Crippen LogP contribution in [0.4, 0.5) is 5.69 Å². The maximum absolute atomic E-state index is 10.5. The molecular weight excluding hydrogens is 246 g/mol. The van der Waals surface area contributed by atoms with Crippen LogP contribution in [0.25, 0.3) is 0 Å². The minimum Gasteiger partial charge on any atom is -0.490 e. The normalized spacial score (nSPS) is 15.4. The van der Waals surface area contributed by atoms with E-state index >= 15 is 0 Å². The van der Waals surface area contributed by atoms with E-state index in [4.69, 9.17) is 14.6 Å². The summed E-state index contributed by atoms with van der Waals surface area (Å²) in [4.78, 5) is 10.5. The zero-order valence-corrected chi connectivity index (χ0v) is 11.0. The minimum atomic E-state index is -0.771. The Hall–Kier alpha value is -1.91. The van der Waals surface area contributed by atoms with Crippen LogP contribution in [0.15, 0.2) is 18.2 Å². The molecule has 2 rings (SSSR count). The second kappa shape index (κ2) is 6.31. The van der Waals surface area contributed by atoms with Gasteiger partial charge in [-0.1, -0.05) is 0 Å². The fourth-order valence-corrected chi connectivity index (χ4v) is 1.95. The van der Waals surface area contributed by atoms with Crippen molar-refractivity contribution < 1.29 is 19.4 Å². The van der Waals surface area contributed by atoms with Crippen LogP contribution >= 0.6 is 0 Å². The van der Waals surface area contributed by atoms with Crippen molar-refractivity contribution in [3.8, 4) is 11.5 Å². The monoisotopic (exact) mass is 265 g/mol. The lowest BCUT2D eigenvalue weighted by atomic mass is 10.1. The molecule has 0 radical (unpaired) electrons. The van der Waals surface area contributed by atoms with Crippen molar-refractivity contribution in [3.63, 3.8) is 0 Å². The van der Waals surface area contributed by atoms with Crippen LogP contribution in [0.1, 0.15) is 26.2 Å². The van der Waals surface area contributed by atoms with E-state index < -0.39 is 5.97 Å². The molecule has 19 heavy (non-hydrogen) atoms. The molecule has 5 nitrogen and oxygen atoms in total. The van der Waals surface area contributed by atoms with Gasteiger partial charge in [0.05, 0.1) is 13.2 Å². The molecule has 5 heteroatoms. The Morgan fingerprint density at radius 1 is 1.37 bits per heavy atom. The predicted octanol–water partition coefficient (Wildman–Crippen LogP) is 2.51. The molecule has 1 aliphatic rings. The standard InChI is InChI=1S/C14H19NO4/c1-10(3-6-14(16)17)15-11-4-5-12-13(9-11)19-8-2-7-18-12/h4-5,9-10,15H,2-3,6-8H2,1H3,(H,16,17). The van der Waals surface area contributed by atoms with E-state index in [1.807, 2.05) is 25.1 Å². The Bertz CT molecular complexity index is 447. The number of benzene rings is 1. The van der Waals surface area contributed by atoms with E-state index in [0.717, 1.165) is 23.6 Å². The molecule has 0 saturated carbocycles. The van der Waals surface area contributed by atoms with Crippen molar-refractivity contribution in [1.29, 1.82) is 0 Å². The molecule has 1 aromatic rings. The molecule has 1 aliphatic heterocycles. The lowest BCUT2D eigenvalue weighted by Crippen LogP contribution is -2.16. The molecule has 1 unspecified atom stereocenters. The first-order valence-electron chi connectivity index (χ1n) is 6.53. The van der Waals surface area contributed by atoms with Gasteiger partial charge in [-0.2, -0.15) is 0 Å². The van der Waals surface area contributed by atoms with Crippen LogP contribution in [-0.2, 0) is 4.79 Å². The number of aliphatic carboxylic acids is 1. The number of nitrogens with one attached hydrogen (secondary N) is 1. The number of carboxylic acids is 1. The third-order valence-corrected chi connectivity index (χ3v) is 2.95. The van der Waals surface area contributed by atoms with E-state index in [2.05, 4.69) is 5.32 Å². The van der Waals surface area contributed by atoms with Crippen molar-refractivity contribution in [3.05, 3.63) is 18.2 Å². The predicted molar refractivity (Wildman–Crippen MR) is 72.0 cm³/mol. The molecule has 0 spiro atoms. The van der Waals surface area contributed by atoms with Crippen LogP contribution in [0.3, 0.4) is 0 Å². The van der Waals surface area contributed by atoms with Gasteiger partial charge in [0.2, 0.25) is 0 Å². The van der Waals surface area contributed by atoms with Crippen molar-refractivity contribution >= 4 is 11.7 Å². The van der Waals surface area contributed by atoms with E-state index in [1.165, 1.54) is 0 Å². The molecule has 0 aliphatic carbocycles. The molecule has 104 valence electrons. The average molecular weight is 265 g/mol. The van der Waals surface area contributed by atoms with Crippen molar-refractivity contribution in [1.82, 2.24) is 0 Å². The van der Waals surface area contributed by atoms with Gasteiger partial charge in [0.15, 0.2) is 11.5 Å². The highest BCUT2D eigenvalue weighted by Crippen LogP contribution is 2.32. The molecule has 1 aromatic carbocycles. The zero-order chi connectivity index (χ0) is 13.7. The van der Waals surface area contributed by atoms with E-state index in [9.17, 15) is 4.79 Å². The quantitative estimate of drug-likeness (QED) is 0.856. The highest BCUT2D eigenvalue weighted by Gasteiger charge is 2.12. The third kappa shape index (κ3) is 4.05. The number of carboxylic acid groups (broad SMARTS) is 1. The number of fused-ring (bicyclic) bond motifs is 1. The van der Waals surface area contributed by atoms with E-state index in [1.54, 1.807) is 0 Å². The van der Waals surface area contributed by atoms with Gasteiger partial charge in [0, 0.05) is 30.6 Å². The van der Waals surface area contributed by atoms with E-state index in [0.29, 0.717) is 19.6 Å². The Labute approximate surface area is 112 Å². The van der Waals surface area contributed by atoms with Gasteiger partial charge in [-0.3, -0.25) is 4.79 Å². The zero-order valence-electron chi connectivity index (χ0n) is 11.0. The first-order valence-corrected chi connectivity index (χ1v) is 6.53. The average Bonchev–Trinajstić information content (AvgIpc) is 2.61. The topological polar surface area (TPSA) is 67.8 Å². The van der Waals surface area contributed by atoms with Gasteiger partial charge in [0.25, 0.3) is 0 Å². The maximum atomic E-state index is 10.5. The second-order valence-corrected chi connectivity index (χ2v) is 4.69. The number of ether oxygens (including phenoxy) is 2. The molecule has 2 N–H and O–H groups in total. The highest BCUT2D eigenvalue weighted by molar-refractivity contribution is 5.66. The summed E-state index contributed by atoms with van der Waals surface area (Å²) in [6.07, 6.45) is 1.63. The Balaban J connectivity index is 1.97. The summed E-state index contributed by atoms with van der Waals surface area (Å²) in [5.41, 5.74) is 0.919. The largest absolute Gasteiger partial charge is 0.490 e.